The van der Waals surface area contributed by atoms with Crippen LogP contribution in [-0.2, 0) is 0 Å². The van der Waals surface area contributed by atoms with Crippen molar-refractivity contribution in [2.45, 2.75) is 32.6 Å². The number of amides is 1. The molecule has 1 aliphatic heterocycles. The first kappa shape index (κ1) is 16.3. The van der Waals surface area contributed by atoms with Gasteiger partial charge in [0.25, 0.3) is 5.91 Å². The van der Waals surface area contributed by atoms with E-state index in [0.29, 0.717) is 5.92 Å². The highest BCUT2D eigenvalue weighted by molar-refractivity contribution is 7.18. The fourth-order valence-corrected chi connectivity index (χ4v) is 4.68. The van der Waals surface area contributed by atoms with Crippen LogP contribution in [0.2, 0.25) is 0 Å². The standard InChI is InChI=1S/C21H22N2OS/c1-14-6-5-7-17(15(14)2)21(24)23-12-10-16(11-13-23)20-22-18-8-3-4-9-19(18)25-20/h3-9,16H,10-13H2,1-2H3. The lowest BCUT2D eigenvalue weighted by molar-refractivity contribution is 0.0712. The number of carbonyl (C=O) groups excluding carboxylic acids is 1. The summed E-state index contributed by atoms with van der Waals surface area (Å²) in [5, 5.41) is 1.22. The van der Waals surface area contributed by atoms with Gasteiger partial charge >= 0.3 is 0 Å². The molecule has 1 aliphatic rings. The monoisotopic (exact) mass is 350 g/mol. The number of nitrogens with zero attached hydrogens (tertiary/aromatic N) is 2. The second-order valence-electron chi connectivity index (χ2n) is 6.83. The van der Waals surface area contributed by atoms with Crippen LogP contribution in [0.1, 0.15) is 45.3 Å². The zero-order valence-electron chi connectivity index (χ0n) is 14.7. The van der Waals surface area contributed by atoms with Crippen LogP contribution in [0.5, 0.6) is 0 Å². The van der Waals surface area contributed by atoms with Crippen molar-refractivity contribution in [2.24, 2.45) is 0 Å². The molecule has 2 heterocycles. The molecule has 2 aromatic carbocycles. The first-order chi connectivity index (χ1) is 12.1. The van der Waals surface area contributed by atoms with Gasteiger partial charge in [0.05, 0.1) is 15.2 Å². The van der Waals surface area contributed by atoms with Crippen LogP contribution in [0.3, 0.4) is 0 Å². The summed E-state index contributed by atoms with van der Waals surface area (Å²) in [6.07, 6.45) is 1.99. The third kappa shape index (κ3) is 3.07. The Morgan fingerprint density at radius 1 is 1.08 bits per heavy atom. The molecule has 0 saturated carbocycles. The molecule has 128 valence electrons. The molecule has 3 aromatic rings. The SMILES string of the molecule is Cc1cccc(C(=O)N2CCC(c3nc4ccccc4s3)CC2)c1C. The molecule has 0 N–H and O–H groups in total. The Hall–Kier alpha value is -2.20. The molecule has 25 heavy (non-hydrogen) atoms. The Morgan fingerprint density at radius 3 is 2.60 bits per heavy atom. The molecule has 1 fully saturated rings. The van der Waals surface area contributed by atoms with E-state index in [1.54, 1.807) is 11.3 Å². The number of para-hydroxylation sites is 1. The zero-order chi connectivity index (χ0) is 17.4. The number of fused-ring (bicyclic) bond motifs is 1. The molecular formula is C21H22N2OS. The highest BCUT2D eigenvalue weighted by atomic mass is 32.1. The van der Waals surface area contributed by atoms with Crippen molar-refractivity contribution in [3.05, 3.63) is 64.2 Å². The number of aromatic nitrogens is 1. The Bertz CT molecular complexity index is 890. The lowest BCUT2D eigenvalue weighted by atomic mass is 9.96. The van der Waals surface area contributed by atoms with Crippen molar-refractivity contribution in [2.75, 3.05) is 13.1 Å². The molecule has 4 heteroatoms. The average Bonchev–Trinajstić information content (AvgIpc) is 3.08. The lowest BCUT2D eigenvalue weighted by Gasteiger charge is -2.31. The molecule has 0 aliphatic carbocycles. The summed E-state index contributed by atoms with van der Waals surface area (Å²) in [5.74, 6) is 0.643. The minimum Gasteiger partial charge on any atom is -0.339 e. The number of aryl methyl sites for hydroxylation is 1. The van der Waals surface area contributed by atoms with Gasteiger partial charge in [-0.25, -0.2) is 4.98 Å². The second-order valence-corrected chi connectivity index (χ2v) is 7.90. The van der Waals surface area contributed by atoms with Crippen LogP contribution in [0.15, 0.2) is 42.5 Å². The molecular weight excluding hydrogens is 328 g/mol. The Kier molecular flexibility index (Phi) is 4.30. The summed E-state index contributed by atoms with van der Waals surface area (Å²) >= 11 is 1.80. The van der Waals surface area contributed by atoms with Crippen molar-refractivity contribution in [1.29, 1.82) is 0 Å². The summed E-state index contributed by atoms with van der Waals surface area (Å²) in [7, 11) is 0. The van der Waals surface area contributed by atoms with Crippen LogP contribution in [0, 0.1) is 13.8 Å². The van der Waals surface area contributed by atoms with E-state index in [4.69, 9.17) is 4.98 Å². The van der Waals surface area contributed by atoms with E-state index in [2.05, 4.69) is 31.2 Å². The van der Waals surface area contributed by atoms with Crippen molar-refractivity contribution >= 4 is 27.5 Å². The third-order valence-electron chi connectivity index (χ3n) is 5.28. The van der Waals surface area contributed by atoms with Crippen molar-refractivity contribution in [3.63, 3.8) is 0 Å². The van der Waals surface area contributed by atoms with Crippen LogP contribution >= 0.6 is 11.3 Å². The fourth-order valence-electron chi connectivity index (χ4n) is 3.55. The van der Waals surface area contributed by atoms with Gasteiger partial charge in [0, 0.05) is 24.6 Å². The van der Waals surface area contributed by atoms with E-state index in [-0.39, 0.29) is 5.91 Å². The van der Waals surface area contributed by atoms with E-state index in [0.717, 1.165) is 42.6 Å². The van der Waals surface area contributed by atoms with Gasteiger partial charge in [-0.2, -0.15) is 0 Å². The molecule has 0 atom stereocenters. The van der Waals surface area contributed by atoms with Gasteiger partial charge in [-0.15, -0.1) is 11.3 Å². The molecule has 0 spiro atoms. The molecule has 0 unspecified atom stereocenters. The first-order valence-corrected chi connectivity index (χ1v) is 9.66. The number of likely N-dealkylation sites (tertiary alicyclic amines) is 1. The molecule has 1 amide bonds. The van der Waals surface area contributed by atoms with E-state index >= 15 is 0 Å². The maximum absolute atomic E-state index is 12.9. The molecule has 4 rings (SSSR count). The number of piperidine rings is 1. The number of thiazole rings is 1. The van der Waals surface area contributed by atoms with E-state index < -0.39 is 0 Å². The van der Waals surface area contributed by atoms with Gasteiger partial charge in [0.15, 0.2) is 0 Å². The van der Waals surface area contributed by atoms with Crippen LogP contribution < -0.4 is 0 Å². The quantitative estimate of drug-likeness (QED) is 0.656. The lowest BCUT2D eigenvalue weighted by Crippen LogP contribution is -2.38. The molecule has 1 aromatic heterocycles. The smallest absolute Gasteiger partial charge is 0.254 e. The molecule has 3 nitrogen and oxygen atoms in total. The Labute approximate surface area is 152 Å². The first-order valence-electron chi connectivity index (χ1n) is 8.84. The largest absolute Gasteiger partial charge is 0.339 e. The summed E-state index contributed by atoms with van der Waals surface area (Å²) in [4.78, 5) is 19.7. The van der Waals surface area contributed by atoms with Crippen LogP contribution in [0.4, 0.5) is 0 Å². The van der Waals surface area contributed by atoms with Gasteiger partial charge in [0.1, 0.15) is 0 Å². The predicted molar refractivity (Wildman–Crippen MR) is 103 cm³/mol. The summed E-state index contributed by atoms with van der Waals surface area (Å²) in [5.41, 5.74) is 4.21. The van der Waals surface area contributed by atoms with Crippen LogP contribution in [0.25, 0.3) is 10.2 Å². The van der Waals surface area contributed by atoms with Crippen molar-refractivity contribution in [3.8, 4) is 0 Å². The van der Waals surface area contributed by atoms with E-state index in [1.165, 1.54) is 15.3 Å². The molecule has 0 radical (unpaired) electrons. The number of carbonyl (C=O) groups is 1. The number of hydrogen-bond donors (Lipinski definition) is 0. The third-order valence-corrected chi connectivity index (χ3v) is 6.48. The summed E-state index contributed by atoms with van der Waals surface area (Å²) < 4.78 is 1.26. The number of hydrogen-bond acceptors (Lipinski definition) is 3. The average molecular weight is 350 g/mol. The molecule has 0 bridgehead atoms. The molecule has 1 saturated heterocycles. The van der Waals surface area contributed by atoms with E-state index in [9.17, 15) is 4.79 Å². The second kappa shape index (κ2) is 6.60. The minimum absolute atomic E-state index is 0.170. The highest BCUT2D eigenvalue weighted by Crippen LogP contribution is 2.34. The minimum atomic E-state index is 0.170. The predicted octanol–water partition coefficient (Wildman–Crippen LogP) is 4.93. The van der Waals surface area contributed by atoms with Crippen LogP contribution in [-0.4, -0.2) is 28.9 Å². The van der Waals surface area contributed by atoms with Gasteiger partial charge < -0.3 is 4.90 Å². The fraction of sp³-hybridized carbons (Fsp3) is 0.333. The maximum Gasteiger partial charge on any atom is 0.254 e. The highest BCUT2D eigenvalue weighted by Gasteiger charge is 2.27. The zero-order valence-corrected chi connectivity index (χ0v) is 15.5. The number of rotatable bonds is 2. The topological polar surface area (TPSA) is 33.2 Å². The summed E-state index contributed by atoms with van der Waals surface area (Å²) in [6.45, 7) is 5.72. The van der Waals surface area contributed by atoms with Gasteiger partial charge in [0.2, 0.25) is 0 Å². The summed E-state index contributed by atoms with van der Waals surface area (Å²) in [6, 6.07) is 14.3. The van der Waals surface area contributed by atoms with Gasteiger partial charge in [-0.05, 0) is 56.0 Å². The van der Waals surface area contributed by atoms with Gasteiger partial charge in [-0.1, -0.05) is 24.3 Å². The van der Waals surface area contributed by atoms with E-state index in [1.807, 2.05) is 30.0 Å². The van der Waals surface area contributed by atoms with Crippen molar-refractivity contribution in [1.82, 2.24) is 9.88 Å². The van der Waals surface area contributed by atoms with Crippen molar-refractivity contribution < 1.29 is 4.79 Å². The maximum atomic E-state index is 12.9. The Balaban J connectivity index is 1.47. The normalized spacial score (nSPS) is 15.7. The Morgan fingerprint density at radius 2 is 1.84 bits per heavy atom. The van der Waals surface area contributed by atoms with Gasteiger partial charge in [-0.3, -0.25) is 4.79 Å². The number of benzene rings is 2.